The van der Waals surface area contributed by atoms with Crippen LogP contribution in [0.15, 0.2) is 53.4 Å². The van der Waals surface area contributed by atoms with Gasteiger partial charge in [-0.25, -0.2) is 13.1 Å². The van der Waals surface area contributed by atoms with Crippen molar-refractivity contribution in [3.63, 3.8) is 0 Å². The highest BCUT2D eigenvalue weighted by atomic mass is 32.2. The van der Waals surface area contributed by atoms with E-state index in [9.17, 15) is 18.0 Å². The molecule has 28 heavy (non-hydrogen) atoms. The summed E-state index contributed by atoms with van der Waals surface area (Å²) in [4.78, 5) is 24.1. The summed E-state index contributed by atoms with van der Waals surface area (Å²) < 4.78 is 27.7. The minimum absolute atomic E-state index is 0.00851. The number of sulfonamides is 1. The Kier molecular flexibility index (Phi) is 7.31. The molecule has 0 heterocycles. The van der Waals surface area contributed by atoms with Crippen molar-refractivity contribution in [2.75, 3.05) is 6.54 Å². The normalized spacial score (nSPS) is 11.3. The summed E-state index contributed by atoms with van der Waals surface area (Å²) in [5.74, 6) is -0.814. The lowest BCUT2D eigenvalue weighted by Crippen LogP contribution is -2.40. The summed E-state index contributed by atoms with van der Waals surface area (Å²) in [6.45, 7) is 5.31. The first kappa shape index (κ1) is 21.6. The fraction of sp³-hybridized carbons (Fsp3) is 0.300. The third-order valence-corrected chi connectivity index (χ3v) is 5.33. The summed E-state index contributed by atoms with van der Waals surface area (Å²) in [6, 6.07) is 13.4. The second kappa shape index (κ2) is 9.48. The van der Waals surface area contributed by atoms with Crippen molar-refractivity contribution in [2.45, 2.75) is 38.3 Å². The van der Waals surface area contributed by atoms with Crippen molar-refractivity contribution in [3.8, 4) is 0 Å². The molecule has 2 rings (SSSR count). The second-order valence-corrected chi connectivity index (χ2v) is 8.46. The first-order valence-corrected chi connectivity index (χ1v) is 10.4. The predicted molar refractivity (Wildman–Crippen MR) is 107 cm³/mol. The van der Waals surface area contributed by atoms with E-state index >= 15 is 0 Å². The lowest BCUT2D eigenvalue weighted by molar-refractivity contribution is -0.120. The van der Waals surface area contributed by atoms with Crippen LogP contribution in [0, 0.1) is 6.92 Å². The Morgan fingerprint density at radius 3 is 2.36 bits per heavy atom. The van der Waals surface area contributed by atoms with E-state index in [1.165, 1.54) is 12.1 Å². The average Bonchev–Trinajstić information content (AvgIpc) is 2.65. The monoisotopic (exact) mass is 403 g/mol. The molecule has 2 amide bonds. The standard InChI is InChI=1S/C20H25N3O4S/c1-14(2)23-19(24)13-21-20(25)18-11-17(10-9-15(18)3)28(26,27)22-12-16-7-5-4-6-8-16/h4-11,14,22H,12-13H2,1-3H3,(H,21,25)(H,23,24). The number of benzene rings is 2. The van der Waals surface area contributed by atoms with Gasteiger partial charge >= 0.3 is 0 Å². The van der Waals surface area contributed by atoms with Gasteiger partial charge in [-0.05, 0) is 44.0 Å². The van der Waals surface area contributed by atoms with E-state index in [0.717, 1.165) is 5.56 Å². The van der Waals surface area contributed by atoms with Gasteiger partial charge < -0.3 is 10.6 Å². The highest BCUT2D eigenvalue weighted by molar-refractivity contribution is 7.89. The Hall–Kier alpha value is -2.71. The first-order chi connectivity index (χ1) is 13.2. The van der Waals surface area contributed by atoms with Crippen LogP contribution in [0.25, 0.3) is 0 Å². The maximum absolute atomic E-state index is 12.6. The highest BCUT2D eigenvalue weighted by Gasteiger charge is 2.18. The summed E-state index contributed by atoms with van der Waals surface area (Å²) in [7, 11) is -3.79. The van der Waals surface area contributed by atoms with Gasteiger partial charge in [-0.1, -0.05) is 36.4 Å². The quantitative estimate of drug-likeness (QED) is 0.624. The number of carbonyl (C=O) groups is 2. The Balaban J connectivity index is 2.10. The van der Waals surface area contributed by atoms with E-state index in [2.05, 4.69) is 15.4 Å². The number of hydrogen-bond acceptors (Lipinski definition) is 4. The van der Waals surface area contributed by atoms with Gasteiger partial charge in [0.15, 0.2) is 0 Å². The molecular weight excluding hydrogens is 378 g/mol. The molecule has 0 spiro atoms. The lowest BCUT2D eigenvalue weighted by Gasteiger charge is -2.12. The van der Waals surface area contributed by atoms with Gasteiger partial charge in [-0.15, -0.1) is 0 Å². The fourth-order valence-corrected chi connectivity index (χ4v) is 3.54. The van der Waals surface area contributed by atoms with E-state index in [0.29, 0.717) is 5.56 Å². The number of amides is 2. The number of aryl methyl sites for hydroxylation is 1. The number of rotatable bonds is 8. The highest BCUT2D eigenvalue weighted by Crippen LogP contribution is 2.16. The van der Waals surface area contributed by atoms with Gasteiger partial charge in [0.1, 0.15) is 0 Å². The van der Waals surface area contributed by atoms with E-state index in [1.807, 2.05) is 44.2 Å². The lowest BCUT2D eigenvalue weighted by atomic mass is 10.1. The average molecular weight is 404 g/mol. The number of nitrogens with one attached hydrogen (secondary N) is 3. The predicted octanol–water partition coefficient (Wildman–Crippen LogP) is 1.73. The summed E-state index contributed by atoms with van der Waals surface area (Å²) in [5, 5.41) is 5.19. The fourth-order valence-electron chi connectivity index (χ4n) is 2.50. The van der Waals surface area contributed by atoms with Crippen LogP contribution in [0.2, 0.25) is 0 Å². The molecule has 0 fully saturated rings. The Morgan fingerprint density at radius 1 is 1.04 bits per heavy atom. The zero-order chi connectivity index (χ0) is 20.7. The Bertz CT molecular complexity index is 941. The van der Waals surface area contributed by atoms with Crippen LogP contribution < -0.4 is 15.4 Å². The molecule has 0 saturated heterocycles. The molecule has 8 heteroatoms. The van der Waals surface area contributed by atoms with Crippen LogP contribution in [0.3, 0.4) is 0 Å². The number of hydrogen-bond donors (Lipinski definition) is 3. The molecule has 0 saturated carbocycles. The molecule has 0 bridgehead atoms. The summed E-state index contributed by atoms with van der Waals surface area (Å²) in [6.07, 6.45) is 0. The molecule has 2 aromatic carbocycles. The van der Waals surface area contributed by atoms with Gasteiger partial charge in [0.2, 0.25) is 15.9 Å². The van der Waals surface area contributed by atoms with Crippen molar-refractivity contribution >= 4 is 21.8 Å². The van der Waals surface area contributed by atoms with E-state index in [4.69, 9.17) is 0 Å². The van der Waals surface area contributed by atoms with Crippen molar-refractivity contribution in [1.82, 2.24) is 15.4 Å². The largest absolute Gasteiger partial charge is 0.352 e. The van der Waals surface area contributed by atoms with Gasteiger partial charge in [-0.2, -0.15) is 0 Å². The molecule has 0 atom stereocenters. The zero-order valence-corrected chi connectivity index (χ0v) is 17.0. The van der Waals surface area contributed by atoms with Gasteiger partial charge in [0, 0.05) is 18.2 Å². The minimum atomic E-state index is -3.79. The molecule has 150 valence electrons. The van der Waals surface area contributed by atoms with Gasteiger partial charge in [0.25, 0.3) is 5.91 Å². The third-order valence-electron chi connectivity index (χ3n) is 3.93. The van der Waals surface area contributed by atoms with Gasteiger partial charge in [0.05, 0.1) is 11.4 Å². The Labute approximate surface area is 165 Å². The van der Waals surface area contributed by atoms with E-state index in [-0.39, 0.29) is 35.5 Å². The molecule has 0 aliphatic rings. The van der Waals surface area contributed by atoms with E-state index < -0.39 is 15.9 Å². The van der Waals surface area contributed by atoms with Crippen molar-refractivity contribution < 1.29 is 18.0 Å². The molecule has 3 N–H and O–H groups in total. The zero-order valence-electron chi connectivity index (χ0n) is 16.2. The summed E-state index contributed by atoms with van der Waals surface area (Å²) >= 11 is 0. The second-order valence-electron chi connectivity index (χ2n) is 6.69. The topological polar surface area (TPSA) is 104 Å². The van der Waals surface area contributed by atoms with Crippen molar-refractivity contribution in [3.05, 3.63) is 65.2 Å². The molecule has 0 aliphatic heterocycles. The van der Waals surface area contributed by atoms with Crippen LogP contribution in [0.4, 0.5) is 0 Å². The van der Waals surface area contributed by atoms with Crippen LogP contribution in [0.5, 0.6) is 0 Å². The SMILES string of the molecule is Cc1ccc(S(=O)(=O)NCc2ccccc2)cc1C(=O)NCC(=O)NC(C)C. The van der Waals surface area contributed by atoms with Crippen molar-refractivity contribution in [1.29, 1.82) is 0 Å². The molecule has 7 nitrogen and oxygen atoms in total. The van der Waals surface area contributed by atoms with Crippen LogP contribution in [-0.4, -0.2) is 32.8 Å². The number of carbonyl (C=O) groups excluding carboxylic acids is 2. The smallest absolute Gasteiger partial charge is 0.252 e. The first-order valence-electron chi connectivity index (χ1n) is 8.91. The van der Waals surface area contributed by atoms with Crippen LogP contribution >= 0.6 is 0 Å². The van der Waals surface area contributed by atoms with Crippen LogP contribution in [-0.2, 0) is 21.4 Å². The van der Waals surface area contributed by atoms with Crippen molar-refractivity contribution in [2.24, 2.45) is 0 Å². The van der Waals surface area contributed by atoms with Gasteiger partial charge in [-0.3, -0.25) is 9.59 Å². The molecule has 0 aromatic heterocycles. The summed E-state index contributed by atoms with van der Waals surface area (Å²) in [5.41, 5.74) is 1.65. The molecular formula is C20H25N3O4S. The molecule has 2 aromatic rings. The minimum Gasteiger partial charge on any atom is -0.352 e. The molecule has 0 radical (unpaired) electrons. The van der Waals surface area contributed by atoms with E-state index in [1.54, 1.807) is 13.0 Å². The Morgan fingerprint density at radius 2 is 1.71 bits per heavy atom. The maximum Gasteiger partial charge on any atom is 0.252 e. The maximum atomic E-state index is 12.6. The molecule has 0 aliphatic carbocycles. The van der Waals surface area contributed by atoms with Crippen LogP contribution in [0.1, 0.15) is 35.3 Å². The third kappa shape index (κ3) is 6.17. The molecule has 0 unspecified atom stereocenters.